The fourth-order valence-corrected chi connectivity index (χ4v) is 4.03. The number of aromatic nitrogens is 1. The van der Waals surface area contributed by atoms with Crippen molar-refractivity contribution in [1.29, 1.82) is 0 Å². The molecule has 4 nitrogen and oxygen atoms in total. The molecule has 2 aliphatic heterocycles. The summed E-state index contributed by atoms with van der Waals surface area (Å²) < 4.78 is 11.8. The fourth-order valence-electron chi connectivity index (χ4n) is 3.43. The van der Waals surface area contributed by atoms with Crippen molar-refractivity contribution in [2.45, 2.75) is 38.4 Å². The molecule has 1 atom stereocenters. The molecular weight excluding hydrogens is 272 g/mol. The molecule has 0 aliphatic carbocycles. The molecule has 0 amide bonds. The predicted octanol–water partition coefficient (Wildman–Crippen LogP) is 2.47. The average Bonchev–Trinajstić information content (AvgIpc) is 2.79. The molecule has 5 heteroatoms. The summed E-state index contributed by atoms with van der Waals surface area (Å²) >= 11 is 1.69. The van der Waals surface area contributed by atoms with Crippen molar-refractivity contribution in [1.82, 2.24) is 9.88 Å². The third kappa shape index (κ3) is 3.39. The van der Waals surface area contributed by atoms with E-state index in [1.54, 1.807) is 11.3 Å². The molecule has 2 saturated heterocycles. The van der Waals surface area contributed by atoms with Gasteiger partial charge in [0.15, 0.2) is 0 Å². The first-order valence-corrected chi connectivity index (χ1v) is 8.34. The van der Waals surface area contributed by atoms with Crippen molar-refractivity contribution in [2.24, 2.45) is 5.92 Å². The second-order valence-electron chi connectivity index (χ2n) is 6.26. The Morgan fingerprint density at radius 1 is 1.55 bits per heavy atom. The van der Waals surface area contributed by atoms with E-state index in [1.807, 2.05) is 6.92 Å². The fraction of sp³-hybridized carbons (Fsp3) is 0.800. The summed E-state index contributed by atoms with van der Waals surface area (Å²) in [5, 5.41) is 3.20. The van der Waals surface area contributed by atoms with E-state index in [9.17, 15) is 0 Å². The quantitative estimate of drug-likeness (QED) is 0.782. The summed E-state index contributed by atoms with van der Waals surface area (Å²) in [6.07, 6.45) is 3.54. The number of likely N-dealkylation sites (N-methyl/N-ethyl adjacent to an activating group) is 1. The Morgan fingerprint density at radius 3 is 3.10 bits per heavy atom. The summed E-state index contributed by atoms with van der Waals surface area (Å²) in [4.78, 5) is 6.75. The molecule has 0 N–H and O–H groups in total. The monoisotopic (exact) mass is 296 g/mol. The smallest absolute Gasteiger partial charge is 0.0937 e. The van der Waals surface area contributed by atoms with Crippen LogP contribution < -0.4 is 0 Å². The van der Waals surface area contributed by atoms with Gasteiger partial charge < -0.3 is 14.4 Å². The van der Waals surface area contributed by atoms with Crippen LogP contribution in [0.15, 0.2) is 5.38 Å². The number of nitrogens with zero attached hydrogens (tertiary/aromatic N) is 2. The maximum absolute atomic E-state index is 5.99. The Kier molecular flexibility index (Phi) is 4.40. The second-order valence-corrected chi connectivity index (χ2v) is 7.32. The Hall–Kier alpha value is -0.490. The number of thiazole rings is 1. The van der Waals surface area contributed by atoms with Gasteiger partial charge in [-0.1, -0.05) is 0 Å². The molecule has 2 fully saturated rings. The standard InChI is InChI=1S/C15H24N2O2S/c1-12-16-14(9-20-12)8-18-5-3-13-4-6-19-15(7-13)10-17(2)11-15/h9,13H,3-8,10-11H2,1-2H3. The molecule has 0 bridgehead atoms. The summed E-state index contributed by atoms with van der Waals surface area (Å²) in [7, 11) is 2.16. The van der Waals surface area contributed by atoms with Gasteiger partial charge in [-0.15, -0.1) is 11.3 Å². The van der Waals surface area contributed by atoms with Gasteiger partial charge in [-0.25, -0.2) is 4.98 Å². The van der Waals surface area contributed by atoms with Crippen LogP contribution in [0, 0.1) is 12.8 Å². The van der Waals surface area contributed by atoms with Gasteiger partial charge in [-0.3, -0.25) is 0 Å². The van der Waals surface area contributed by atoms with Crippen molar-refractivity contribution in [2.75, 3.05) is 33.4 Å². The highest BCUT2D eigenvalue weighted by Gasteiger charge is 2.45. The van der Waals surface area contributed by atoms with Crippen LogP contribution in [0.5, 0.6) is 0 Å². The third-order valence-electron chi connectivity index (χ3n) is 4.30. The van der Waals surface area contributed by atoms with Gasteiger partial charge in [0, 0.05) is 31.7 Å². The normalized spacial score (nSPS) is 25.8. The zero-order valence-corrected chi connectivity index (χ0v) is 13.2. The van der Waals surface area contributed by atoms with E-state index in [1.165, 1.54) is 12.8 Å². The lowest BCUT2D eigenvalue weighted by atomic mass is 9.79. The van der Waals surface area contributed by atoms with E-state index in [0.717, 1.165) is 49.3 Å². The van der Waals surface area contributed by atoms with Crippen LogP contribution in [0.3, 0.4) is 0 Å². The van der Waals surface area contributed by atoms with Crippen LogP contribution in [-0.4, -0.2) is 48.8 Å². The molecule has 0 aromatic carbocycles. The zero-order valence-electron chi connectivity index (χ0n) is 12.4. The molecule has 3 heterocycles. The van der Waals surface area contributed by atoms with Gasteiger partial charge in [0.25, 0.3) is 0 Å². The largest absolute Gasteiger partial charge is 0.375 e. The van der Waals surface area contributed by atoms with Gasteiger partial charge in [-0.05, 0) is 39.2 Å². The number of likely N-dealkylation sites (tertiary alicyclic amines) is 1. The minimum absolute atomic E-state index is 0.170. The van der Waals surface area contributed by atoms with Crippen molar-refractivity contribution in [3.63, 3.8) is 0 Å². The molecule has 0 radical (unpaired) electrons. The number of aryl methyl sites for hydroxylation is 1. The lowest BCUT2D eigenvalue weighted by molar-refractivity contribution is -0.173. The SMILES string of the molecule is Cc1nc(COCCC2CCOC3(C2)CN(C)C3)cs1. The molecule has 112 valence electrons. The van der Waals surface area contributed by atoms with Crippen molar-refractivity contribution in [3.8, 4) is 0 Å². The topological polar surface area (TPSA) is 34.6 Å². The summed E-state index contributed by atoms with van der Waals surface area (Å²) in [6.45, 7) is 6.65. The summed E-state index contributed by atoms with van der Waals surface area (Å²) in [5.41, 5.74) is 1.24. The van der Waals surface area contributed by atoms with Crippen LogP contribution in [0.25, 0.3) is 0 Å². The molecule has 1 unspecified atom stereocenters. The molecule has 0 saturated carbocycles. The average molecular weight is 296 g/mol. The van der Waals surface area contributed by atoms with E-state index in [-0.39, 0.29) is 5.60 Å². The highest BCUT2D eigenvalue weighted by atomic mass is 32.1. The minimum Gasteiger partial charge on any atom is -0.375 e. The van der Waals surface area contributed by atoms with Crippen LogP contribution in [0.1, 0.15) is 30.0 Å². The molecular formula is C15H24N2O2S. The van der Waals surface area contributed by atoms with E-state index >= 15 is 0 Å². The minimum atomic E-state index is 0.170. The highest BCUT2D eigenvalue weighted by Crippen LogP contribution is 2.37. The zero-order chi connectivity index (χ0) is 14.0. The number of hydrogen-bond acceptors (Lipinski definition) is 5. The number of rotatable bonds is 5. The van der Waals surface area contributed by atoms with Crippen LogP contribution >= 0.6 is 11.3 Å². The summed E-state index contributed by atoms with van der Waals surface area (Å²) in [6, 6.07) is 0. The number of ether oxygens (including phenoxy) is 2. The van der Waals surface area contributed by atoms with Gasteiger partial charge >= 0.3 is 0 Å². The Balaban J connectivity index is 1.36. The number of hydrogen-bond donors (Lipinski definition) is 0. The maximum Gasteiger partial charge on any atom is 0.0937 e. The molecule has 3 rings (SSSR count). The molecule has 20 heavy (non-hydrogen) atoms. The van der Waals surface area contributed by atoms with Crippen LogP contribution in [0.2, 0.25) is 0 Å². The first kappa shape index (κ1) is 14.4. The van der Waals surface area contributed by atoms with E-state index in [4.69, 9.17) is 9.47 Å². The summed E-state index contributed by atoms with van der Waals surface area (Å²) in [5.74, 6) is 0.759. The van der Waals surface area contributed by atoms with Crippen molar-refractivity contribution < 1.29 is 9.47 Å². The molecule has 1 aromatic rings. The first-order valence-electron chi connectivity index (χ1n) is 7.46. The molecule has 2 aliphatic rings. The van der Waals surface area contributed by atoms with Crippen molar-refractivity contribution >= 4 is 11.3 Å². The lowest BCUT2D eigenvalue weighted by Gasteiger charge is -2.52. The van der Waals surface area contributed by atoms with Crippen LogP contribution in [0.4, 0.5) is 0 Å². The lowest BCUT2D eigenvalue weighted by Crippen LogP contribution is -2.63. The predicted molar refractivity (Wildman–Crippen MR) is 80.0 cm³/mol. The van der Waals surface area contributed by atoms with Crippen molar-refractivity contribution in [3.05, 3.63) is 16.1 Å². The molecule has 1 spiro atoms. The van der Waals surface area contributed by atoms with Gasteiger partial charge in [0.05, 0.1) is 22.9 Å². The van der Waals surface area contributed by atoms with E-state index in [2.05, 4.69) is 22.3 Å². The second kappa shape index (κ2) is 6.10. The van der Waals surface area contributed by atoms with Crippen LogP contribution in [-0.2, 0) is 16.1 Å². The van der Waals surface area contributed by atoms with Gasteiger partial charge in [-0.2, -0.15) is 0 Å². The Bertz CT molecular complexity index is 437. The van der Waals surface area contributed by atoms with Gasteiger partial charge in [0.2, 0.25) is 0 Å². The third-order valence-corrected chi connectivity index (χ3v) is 5.12. The Morgan fingerprint density at radius 2 is 2.40 bits per heavy atom. The maximum atomic E-state index is 5.99. The highest BCUT2D eigenvalue weighted by molar-refractivity contribution is 7.09. The molecule has 1 aromatic heterocycles. The van der Waals surface area contributed by atoms with E-state index < -0.39 is 0 Å². The van der Waals surface area contributed by atoms with Gasteiger partial charge in [0.1, 0.15) is 0 Å². The Labute approximate surface area is 125 Å². The van der Waals surface area contributed by atoms with E-state index in [0.29, 0.717) is 6.61 Å². The first-order chi connectivity index (χ1) is 9.65.